The van der Waals surface area contributed by atoms with Crippen molar-refractivity contribution in [3.05, 3.63) is 76.5 Å². The summed E-state index contributed by atoms with van der Waals surface area (Å²) >= 11 is 0. The maximum atomic E-state index is 13.1. The van der Waals surface area contributed by atoms with E-state index in [0.717, 1.165) is 16.7 Å². The van der Waals surface area contributed by atoms with Crippen LogP contribution in [0.15, 0.2) is 59.5 Å². The molecule has 0 spiro atoms. The van der Waals surface area contributed by atoms with Crippen LogP contribution in [0.2, 0.25) is 0 Å². The molecule has 1 atom stereocenters. The first kappa shape index (κ1) is 18.9. The van der Waals surface area contributed by atoms with Gasteiger partial charge in [0.2, 0.25) is 0 Å². The maximum absolute atomic E-state index is 13.1. The first-order chi connectivity index (χ1) is 14.0. The van der Waals surface area contributed by atoms with E-state index < -0.39 is 0 Å². The van der Waals surface area contributed by atoms with Gasteiger partial charge in [-0.2, -0.15) is 5.10 Å². The highest BCUT2D eigenvalue weighted by Crippen LogP contribution is 2.17. The number of hydrogen-bond donors (Lipinski definition) is 1. The Balaban J connectivity index is 1.78. The molecule has 0 aliphatic rings. The Hall–Kier alpha value is -3.48. The summed E-state index contributed by atoms with van der Waals surface area (Å²) in [4.78, 5) is 30.2. The van der Waals surface area contributed by atoms with E-state index in [-0.39, 0.29) is 23.2 Å². The quantitative estimate of drug-likeness (QED) is 0.568. The highest BCUT2D eigenvalue weighted by atomic mass is 16.2. The third kappa shape index (κ3) is 3.51. The average Bonchev–Trinajstić information content (AvgIpc) is 3.17. The Morgan fingerprint density at radius 2 is 1.76 bits per heavy atom. The lowest BCUT2D eigenvalue weighted by atomic mass is 10.2. The van der Waals surface area contributed by atoms with Crippen LogP contribution in [-0.2, 0) is 6.54 Å². The molecule has 7 heteroatoms. The van der Waals surface area contributed by atoms with Crippen LogP contribution in [-0.4, -0.2) is 25.1 Å². The van der Waals surface area contributed by atoms with E-state index in [9.17, 15) is 9.59 Å². The van der Waals surface area contributed by atoms with Crippen LogP contribution in [0.25, 0.3) is 16.6 Å². The van der Waals surface area contributed by atoms with Gasteiger partial charge in [0.25, 0.3) is 11.5 Å². The van der Waals surface area contributed by atoms with Gasteiger partial charge in [0.1, 0.15) is 5.52 Å². The fourth-order valence-electron chi connectivity index (χ4n) is 3.47. The van der Waals surface area contributed by atoms with Crippen LogP contribution in [0, 0.1) is 5.92 Å². The van der Waals surface area contributed by atoms with E-state index in [2.05, 4.69) is 29.2 Å². The molecular formula is C22H23N5O2. The minimum atomic E-state index is -0.342. The molecule has 0 radical (unpaired) electrons. The van der Waals surface area contributed by atoms with Crippen molar-refractivity contribution in [1.82, 2.24) is 24.5 Å². The zero-order chi connectivity index (χ0) is 20.5. The fourth-order valence-corrected chi connectivity index (χ4v) is 3.47. The van der Waals surface area contributed by atoms with Crippen molar-refractivity contribution >= 4 is 22.5 Å². The summed E-state index contributed by atoms with van der Waals surface area (Å²) in [5, 5.41) is 7.34. The predicted octanol–water partition coefficient (Wildman–Crippen LogP) is 3.19. The van der Waals surface area contributed by atoms with Gasteiger partial charge in [0.15, 0.2) is 5.69 Å². The Morgan fingerprint density at radius 3 is 2.45 bits per heavy atom. The largest absolute Gasteiger partial charge is 0.343 e. The van der Waals surface area contributed by atoms with Gasteiger partial charge < -0.3 is 9.88 Å². The topological polar surface area (TPSA) is 81.3 Å². The standard InChI is InChI=1S/C22H23N5O2/c1-14(2)13-26-18-9-4-5-10-19(18)27-20(22(26)29)12-17(25-27)21(28)24-15(3)16-8-6-7-11-23-16/h4-12,14-15H,13H2,1-3H3,(H,24,28)/t15-/m0/s1. The lowest BCUT2D eigenvalue weighted by Gasteiger charge is -2.13. The van der Waals surface area contributed by atoms with E-state index in [1.54, 1.807) is 21.3 Å². The Bertz CT molecular complexity index is 1240. The number of carbonyl (C=O) groups excluding carboxylic acids is 1. The highest BCUT2D eigenvalue weighted by Gasteiger charge is 2.19. The molecule has 0 saturated heterocycles. The molecule has 3 aromatic heterocycles. The van der Waals surface area contributed by atoms with Gasteiger partial charge in [0, 0.05) is 18.8 Å². The molecule has 4 rings (SSSR count). The first-order valence-corrected chi connectivity index (χ1v) is 9.69. The van der Waals surface area contributed by atoms with Crippen molar-refractivity contribution in [2.24, 2.45) is 5.92 Å². The van der Waals surface area contributed by atoms with Gasteiger partial charge in [-0.25, -0.2) is 4.52 Å². The molecule has 0 fully saturated rings. The van der Waals surface area contributed by atoms with Gasteiger partial charge in [-0.15, -0.1) is 0 Å². The monoisotopic (exact) mass is 389 g/mol. The van der Waals surface area contributed by atoms with Crippen LogP contribution in [0.3, 0.4) is 0 Å². The van der Waals surface area contributed by atoms with Gasteiger partial charge in [0.05, 0.1) is 22.8 Å². The second-order valence-electron chi connectivity index (χ2n) is 7.57. The van der Waals surface area contributed by atoms with Crippen molar-refractivity contribution < 1.29 is 4.79 Å². The van der Waals surface area contributed by atoms with E-state index >= 15 is 0 Å². The molecule has 3 heterocycles. The molecule has 1 aromatic carbocycles. The zero-order valence-electron chi connectivity index (χ0n) is 16.7. The summed E-state index contributed by atoms with van der Waals surface area (Å²) in [6, 6.07) is 14.5. The summed E-state index contributed by atoms with van der Waals surface area (Å²) in [5.74, 6) is -0.0331. The third-order valence-corrected chi connectivity index (χ3v) is 4.83. The van der Waals surface area contributed by atoms with Crippen molar-refractivity contribution in [3.8, 4) is 0 Å². The third-order valence-electron chi connectivity index (χ3n) is 4.83. The number of aromatic nitrogens is 4. The number of para-hydroxylation sites is 2. The number of pyridine rings is 1. The Morgan fingerprint density at radius 1 is 1.03 bits per heavy atom. The minimum absolute atomic E-state index is 0.151. The zero-order valence-corrected chi connectivity index (χ0v) is 16.7. The number of fused-ring (bicyclic) bond motifs is 3. The van der Waals surface area contributed by atoms with Gasteiger partial charge in [-0.1, -0.05) is 32.0 Å². The average molecular weight is 389 g/mol. The molecule has 4 aromatic rings. The number of amides is 1. The SMILES string of the molecule is CC(C)Cn1c(=O)c2cc(C(=O)N[C@@H](C)c3ccccn3)nn2c2ccccc21. The van der Waals surface area contributed by atoms with E-state index in [1.807, 2.05) is 49.4 Å². The smallest absolute Gasteiger partial charge is 0.277 e. The molecule has 0 bridgehead atoms. The lowest BCUT2D eigenvalue weighted by Crippen LogP contribution is -2.27. The normalized spacial score (nSPS) is 12.6. The first-order valence-electron chi connectivity index (χ1n) is 9.69. The maximum Gasteiger partial charge on any atom is 0.277 e. The van der Waals surface area contributed by atoms with Gasteiger partial charge >= 0.3 is 0 Å². The minimum Gasteiger partial charge on any atom is -0.343 e. The fraction of sp³-hybridized carbons (Fsp3) is 0.273. The summed E-state index contributed by atoms with van der Waals surface area (Å²) in [7, 11) is 0. The van der Waals surface area contributed by atoms with Crippen LogP contribution in [0.5, 0.6) is 0 Å². The molecule has 1 amide bonds. The molecule has 148 valence electrons. The molecule has 0 aliphatic heterocycles. The number of carbonyl (C=O) groups is 1. The second-order valence-corrected chi connectivity index (χ2v) is 7.57. The summed E-state index contributed by atoms with van der Waals surface area (Å²) < 4.78 is 3.32. The summed E-state index contributed by atoms with van der Waals surface area (Å²) in [5.41, 5.74) is 2.79. The lowest BCUT2D eigenvalue weighted by molar-refractivity contribution is 0.0934. The highest BCUT2D eigenvalue weighted by molar-refractivity contribution is 5.94. The molecular weight excluding hydrogens is 366 g/mol. The van der Waals surface area contributed by atoms with Crippen molar-refractivity contribution in [2.45, 2.75) is 33.4 Å². The van der Waals surface area contributed by atoms with Crippen LogP contribution < -0.4 is 10.9 Å². The van der Waals surface area contributed by atoms with E-state index in [4.69, 9.17) is 0 Å². The summed E-state index contributed by atoms with van der Waals surface area (Å²) in [6.45, 7) is 6.60. The molecule has 0 saturated carbocycles. The summed E-state index contributed by atoms with van der Waals surface area (Å²) in [6.07, 6.45) is 1.69. The van der Waals surface area contributed by atoms with Gasteiger partial charge in [-0.3, -0.25) is 14.6 Å². The Kier molecular flexibility index (Phi) is 4.88. The van der Waals surface area contributed by atoms with Crippen molar-refractivity contribution in [2.75, 3.05) is 0 Å². The van der Waals surface area contributed by atoms with Gasteiger partial charge in [-0.05, 0) is 37.1 Å². The number of nitrogens with one attached hydrogen (secondary N) is 1. The number of benzene rings is 1. The van der Waals surface area contributed by atoms with Crippen molar-refractivity contribution in [3.63, 3.8) is 0 Å². The van der Waals surface area contributed by atoms with Crippen LogP contribution in [0.4, 0.5) is 0 Å². The van der Waals surface area contributed by atoms with E-state index in [0.29, 0.717) is 18.0 Å². The molecule has 29 heavy (non-hydrogen) atoms. The second kappa shape index (κ2) is 7.50. The predicted molar refractivity (Wildman–Crippen MR) is 112 cm³/mol. The van der Waals surface area contributed by atoms with E-state index in [1.165, 1.54) is 0 Å². The molecule has 0 aliphatic carbocycles. The molecule has 0 unspecified atom stereocenters. The molecule has 7 nitrogen and oxygen atoms in total. The Labute approximate surface area is 168 Å². The van der Waals surface area contributed by atoms with Crippen LogP contribution >= 0.6 is 0 Å². The number of rotatable bonds is 5. The molecule has 1 N–H and O–H groups in total. The van der Waals surface area contributed by atoms with Crippen molar-refractivity contribution in [1.29, 1.82) is 0 Å². The number of hydrogen-bond acceptors (Lipinski definition) is 4. The van der Waals surface area contributed by atoms with Crippen LogP contribution in [0.1, 0.15) is 43.0 Å². The number of nitrogens with zero attached hydrogens (tertiary/aromatic N) is 4.